The maximum Gasteiger partial charge on any atom is 0.256 e. The molecule has 0 saturated carbocycles. The number of benzene rings is 2. The molecule has 0 saturated heterocycles. The quantitative estimate of drug-likeness (QED) is 0.764. The van der Waals surface area contributed by atoms with Crippen LogP contribution in [0, 0.1) is 12.7 Å². The molecule has 6 heteroatoms. The lowest BCUT2D eigenvalue weighted by Gasteiger charge is -2.07. The lowest BCUT2D eigenvalue weighted by molar-refractivity contribution is 0.102. The van der Waals surface area contributed by atoms with Crippen LogP contribution in [0.2, 0.25) is 0 Å². The standard InChI is InChI=1S/C18H15FN4O/c1-12-5-7-15(8-6-12)20-16-9-10-17(23-22-16)21-18(24)13-3-2-4-14(19)11-13/h2-11H,1H3,(H,20,22)(H,21,23,24). The van der Waals surface area contributed by atoms with Crippen LogP contribution in [0.3, 0.4) is 0 Å². The van der Waals surface area contributed by atoms with Gasteiger partial charge >= 0.3 is 0 Å². The maximum atomic E-state index is 13.1. The van der Waals surface area contributed by atoms with Crippen LogP contribution in [-0.2, 0) is 0 Å². The Morgan fingerprint density at radius 1 is 0.958 bits per heavy atom. The van der Waals surface area contributed by atoms with Crippen LogP contribution >= 0.6 is 0 Å². The zero-order chi connectivity index (χ0) is 16.9. The Kier molecular flexibility index (Phi) is 4.47. The van der Waals surface area contributed by atoms with Crippen LogP contribution in [0.1, 0.15) is 15.9 Å². The van der Waals surface area contributed by atoms with Crippen molar-refractivity contribution >= 4 is 23.2 Å². The van der Waals surface area contributed by atoms with Crippen LogP contribution in [0.4, 0.5) is 21.7 Å². The van der Waals surface area contributed by atoms with E-state index in [1.165, 1.54) is 23.8 Å². The van der Waals surface area contributed by atoms with E-state index in [1.54, 1.807) is 12.1 Å². The lowest BCUT2D eigenvalue weighted by Crippen LogP contribution is -2.13. The zero-order valence-electron chi connectivity index (χ0n) is 13.0. The molecular formula is C18H15FN4O. The highest BCUT2D eigenvalue weighted by Gasteiger charge is 2.08. The van der Waals surface area contributed by atoms with E-state index in [-0.39, 0.29) is 5.56 Å². The van der Waals surface area contributed by atoms with Crippen LogP contribution < -0.4 is 10.6 Å². The van der Waals surface area contributed by atoms with Crippen molar-refractivity contribution in [3.05, 3.63) is 77.6 Å². The summed E-state index contributed by atoms with van der Waals surface area (Å²) in [5.74, 6) is -0.0595. The average molecular weight is 322 g/mol. The number of aryl methyl sites for hydroxylation is 1. The topological polar surface area (TPSA) is 66.9 Å². The number of carbonyl (C=O) groups is 1. The van der Waals surface area contributed by atoms with Gasteiger partial charge in [0.15, 0.2) is 11.6 Å². The summed E-state index contributed by atoms with van der Waals surface area (Å²) in [7, 11) is 0. The van der Waals surface area contributed by atoms with Gasteiger partial charge in [0.25, 0.3) is 5.91 Å². The number of nitrogens with zero attached hydrogens (tertiary/aromatic N) is 2. The summed E-state index contributed by atoms with van der Waals surface area (Å²) in [4.78, 5) is 12.0. The number of rotatable bonds is 4. The summed E-state index contributed by atoms with van der Waals surface area (Å²) in [6, 6.07) is 16.6. The molecule has 3 aromatic rings. The fourth-order valence-electron chi connectivity index (χ4n) is 2.07. The van der Waals surface area contributed by atoms with Crippen molar-refractivity contribution in [2.45, 2.75) is 6.92 Å². The Morgan fingerprint density at radius 3 is 2.33 bits per heavy atom. The highest BCUT2D eigenvalue weighted by Crippen LogP contribution is 2.15. The van der Waals surface area contributed by atoms with E-state index in [0.717, 1.165) is 11.8 Å². The largest absolute Gasteiger partial charge is 0.339 e. The number of anilines is 3. The van der Waals surface area contributed by atoms with Crippen molar-refractivity contribution < 1.29 is 9.18 Å². The average Bonchev–Trinajstić information content (AvgIpc) is 2.59. The fourth-order valence-corrected chi connectivity index (χ4v) is 2.07. The van der Waals surface area contributed by atoms with Crippen molar-refractivity contribution in [3.8, 4) is 0 Å². The van der Waals surface area contributed by atoms with Gasteiger partial charge in [0.05, 0.1) is 0 Å². The Morgan fingerprint density at radius 2 is 1.67 bits per heavy atom. The third kappa shape index (κ3) is 3.92. The Hall–Kier alpha value is -3.28. The molecule has 0 fully saturated rings. The first-order valence-electron chi connectivity index (χ1n) is 7.34. The minimum absolute atomic E-state index is 0.221. The van der Waals surface area contributed by atoms with Gasteiger partial charge in [-0.3, -0.25) is 4.79 Å². The number of aromatic nitrogens is 2. The molecule has 120 valence electrons. The SMILES string of the molecule is Cc1ccc(Nc2ccc(NC(=O)c3cccc(F)c3)nn2)cc1. The van der Waals surface area contributed by atoms with E-state index >= 15 is 0 Å². The molecule has 1 amide bonds. The van der Waals surface area contributed by atoms with Crippen molar-refractivity contribution in [3.63, 3.8) is 0 Å². The number of halogens is 1. The zero-order valence-corrected chi connectivity index (χ0v) is 13.0. The van der Waals surface area contributed by atoms with Crippen LogP contribution in [0.5, 0.6) is 0 Å². The molecule has 0 aliphatic heterocycles. The van der Waals surface area contributed by atoms with Gasteiger partial charge in [0.2, 0.25) is 0 Å². The minimum Gasteiger partial charge on any atom is -0.339 e. The number of hydrogen-bond donors (Lipinski definition) is 2. The summed E-state index contributed by atoms with van der Waals surface area (Å²) in [5.41, 5.74) is 2.28. The number of amides is 1. The van der Waals surface area contributed by atoms with E-state index in [9.17, 15) is 9.18 Å². The molecule has 0 spiro atoms. The first-order chi connectivity index (χ1) is 11.6. The number of nitrogens with one attached hydrogen (secondary N) is 2. The Balaban J connectivity index is 1.66. The smallest absolute Gasteiger partial charge is 0.256 e. The van der Waals surface area contributed by atoms with E-state index in [4.69, 9.17) is 0 Å². The first kappa shape index (κ1) is 15.6. The second kappa shape index (κ2) is 6.87. The predicted molar refractivity (Wildman–Crippen MR) is 90.8 cm³/mol. The van der Waals surface area contributed by atoms with Gasteiger partial charge in [-0.1, -0.05) is 23.8 Å². The summed E-state index contributed by atoms with van der Waals surface area (Å²) in [5, 5.41) is 13.6. The Bertz CT molecular complexity index is 848. The van der Waals surface area contributed by atoms with Gasteiger partial charge < -0.3 is 10.6 Å². The number of carbonyl (C=O) groups excluding carboxylic acids is 1. The van der Waals surface area contributed by atoms with Gasteiger partial charge in [-0.25, -0.2) is 4.39 Å². The molecule has 2 N–H and O–H groups in total. The van der Waals surface area contributed by atoms with Crippen LogP contribution in [-0.4, -0.2) is 16.1 Å². The highest BCUT2D eigenvalue weighted by molar-refractivity contribution is 6.03. The van der Waals surface area contributed by atoms with Crippen molar-refractivity contribution in [2.75, 3.05) is 10.6 Å². The number of hydrogen-bond acceptors (Lipinski definition) is 4. The van der Waals surface area contributed by atoms with E-state index in [2.05, 4.69) is 20.8 Å². The van der Waals surface area contributed by atoms with Crippen LogP contribution in [0.25, 0.3) is 0 Å². The molecule has 1 heterocycles. The molecule has 0 aliphatic rings. The van der Waals surface area contributed by atoms with Crippen LogP contribution in [0.15, 0.2) is 60.7 Å². The van der Waals surface area contributed by atoms with Crippen molar-refractivity contribution in [2.24, 2.45) is 0 Å². The third-order valence-corrected chi connectivity index (χ3v) is 3.32. The van der Waals surface area contributed by atoms with Gasteiger partial charge in [0, 0.05) is 11.3 Å². The molecular weight excluding hydrogens is 307 g/mol. The molecule has 0 atom stereocenters. The fraction of sp³-hybridized carbons (Fsp3) is 0.0556. The monoisotopic (exact) mass is 322 g/mol. The lowest BCUT2D eigenvalue weighted by atomic mass is 10.2. The van der Waals surface area contributed by atoms with Crippen molar-refractivity contribution in [1.29, 1.82) is 0 Å². The molecule has 3 rings (SSSR count). The molecule has 0 bridgehead atoms. The van der Waals surface area contributed by atoms with Gasteiger partial charge in [-0.05, 0) is 49.4 Å². The second-order valence-electron chi connectivity index (χ2n) is 5.26. The molecule has 0 radical (unpaired) electrons. The van der Waals surface area contributed by atoms with E-state index in [0.29, 0.717) is 11.6 Å². The van der Waals surface area contributed by atoms with E-state index < -0.39 is 11.7 Å². The van der Waals surface area contributed by atoms with Crippen molar-refractivity contribution in [1.82, 2.24) is 10.2 Å². The predicted octanol–water partition coefficient (Wildman–Crippen LogP) is 3.92. The molecule has 0 unspecified atom stereocenters. The second-order valence-corrected chi connectivity index (χ2v) is 5.26. The normalized spacial score (nSPS) is 10.2. The third-order valence-electron chi connectivity index (χ3n) is 3.32. The molecule has 5 nitrogen and oxygen atoms in total. The Labute approximate surface area is 138 Å². The van der Waals surface area contributed by atoms with Gasteiger partial charge in [-0.2, -0.15) is 0 Å². The highest BCUT2D eigenvalue weighted by atomic mass is 19.1. The summed E-state index contributed by atoms with van der Waals surface area (Å²) in [6.07, 6.45) is 0. The molecule has 0 aliphatic carbocycles. The molecule has 24 heavy (non-hydrogen) atoms. The van der Waals surface area contributed by atoms with E-state index in [1.807, 2.05) is 31.2 Å². The first-order valence-corrected chi connectivity index (χ1v) is 7.34. The van der Waals surface area contributed by atoms with Gasteiger partial charge in [-0.15, -0.1) is 10.2 Å². The summed E-state index contributed by atoms with van der Waals surface area (Å²) >= 11 is 0. The summed E-state index contributed by atoms with van der Waals surface area (Å²) < 4.78 is 13.1. The summed E-state index contributed by atoms with van der Waals surface area (Å²) in [6.45, 7) is 2.01. The minimum atomic E-state index is -0.466. The maximum absolute atomic E-state index is 13.1. The van der Waals surface area contributed by atoms with Gasteiger partial charge in [0.1, 0.15) is 5.82 Å². The molecule has 1 aromatic heterocycles. The molecule has 2 aromatic carbocycles.